The Balaban J connectivity index is 1.95. The molecule has 3 aromatic carbocycles. The van der Waals surface area contributed by atoms with Crippen molar-refractivity contribution in [3.63, 3.8) is 0 Å². The van der Waals surface area contributed by atoms with Crippen LogP contribution in [-0.4, -0.2) is 38.4 Å². The maximum atomic E-state index is 11.4. The van der Waals surface area contributed by atoms with Crippen LogP contribution >= 0.6 is 11.6 Å². The molecule has 3 rings (SSSR count). The lowest BCUT2D eigenvalue weighted by molar-refractivity contribution is -0.144. The number of esters is 2. The predicted molar refractivity (Wildman–Crippen MR) is 120 cm³/mol. The summed E-state index contributed by atoms with van der Waals surface area (Å²) >= 11 is 6.27. The Bertz CT molecular complexity index is 1080. The van der Waals surface area contributed by atoms with Crippen LogP contribution in [0.3, 0.4) is 0 Å². The van der Waals surface area contributed by atoms with Crippen LogP contribution in [0.5, 0.6) is 11.5 Å². The Morgan fingerprint density at radius 3 is 1.71 bits per heavy atom. The zero-order valence-electron chi connectivity index (χ0n) is 17.6. The highest BCUT2D eigenvalue weighted by atomic mass is 35.5. The van der Waals surface area contributed by atoms with Gasteiger partial charge in [0.05, 0.1) is 0 Å². The maximum Gasteiger partial charge on any atom is 0.305 e. The lowest BCUT2D eigenvalue weighted by Crippen LogP contribution is -2.12. The van der Waals surface area contributed by atoms with Crippen molar-refractivity contribution >= 4 is 45.1 Å². The van der Waals surface area contributed by atoms with Crippen molar-refractivity contribution in [1.29, 1.82) is 0 Å². The fraction of sp³-hybridized carbons (Fsp3) is 0.333. The molecule has 0 aliphatic heterocycles. The summed E-state index contributed by atoms with van der Waals surface area (Å²) in [7, 11) is 0. The van der Waals surface area contributed by atoms with Crippen molar-refractivity contribution < 1.29 is 28.5 Å². The lowest BCUT2D eigenvalue weighted by Gasteiger charge is -2.18. The third-order valence-electron chi connectivity index (χ3n) is 4.65. The van der Waals surface area contributed by atoms with Gasteiger partial charge >= 0.3 is 11.9 Å². The van der Waals surface area contributed by atoms with E-state index >= 15 is 0 Å². The molecule has 164 valence electrons. The first-order chi connectivity index (χ1) is 15.0. The highest BCUT2D eigenvalue weighted by molar-refractivity contribution is 6.31. The van der Waals surface area contributed by atoms with E-state index in [0.717, 1.165) is 21.5 Å². The molecule has 0 spiro atoms. The van der Waals surface area contributed by atoms with Crippen LogP contribution in [0.25, 0.3) is 21.5 Å². The molecule has 0 atom stereocenters. The summed E-state index contributed by atoms with van der Waals surface area (Å²) in [6.45, 7) is 4.25. The first-order valence-electron chi connectivity index (χ1n) is 10.3. The molecule has 0 fully saturated rings. The van der Waals surface area contributed by atoms with E-state index in [0.29, 0.717) is 29.4 Å². The quantitative estimate of drug-likeness (QED) is 0.240. The molecule has 0 aliphatic carbocycles. The van der Waals surface area contributed by atoms with E-state index in [1.54, 1.807) is 19.9 Å². The predicted octanol–water partition coefficient (Wildman–Crippen LogP) is 5.31. The van der Waals surface area contributed by atoms with Gasteiger partial charge in [-0.15, -0.1) is 0 Å². The third kappa shape index (κ3) is 5.58. The van der Waals surface area contributed by atoms with E-state index in [-0.39, 0.29) is 38.4 Å². The average molecular weight is 445 g/mol. The zero-order valence-corrected chi connectivity index (χ0v) is 18.4. The summed E-state index contributed by atoms with van der Waals surface area (Å²) in [6.07, 6.45) is 0.644. The Morgan fingerprint density at radius 1 is 0.710 bits per heavy atom. The molecule has 0 radical (unpaired) electrons. The Kier molecular flexibility index (Phi) is 7.95. The highest BCUT2D eigenvalue weighted by Gasteiger charge is 2.17. The van der Waals surface area contributed by atoms with Crippen molar-refractivity contribution in [2.75, 3.05) is 26.4 Å². The Labute approximate surface area is 186 Å². The smallest absolute Gasteiger partial charge is 0.305 e. The number of halogens is 1. The van der Waals surface area contributed by atoms with Gasteiger partial charge in [-0.25, -0.2) is 0 Å². The van der Waals surface area contributed by atoms with Crippen molar-refractivity contribution in [2.45, 2.75) is 26.7 Å². The van der Waals surface area contributed by atoms with Gasteiger partial charge < -0.3 is 18.9 Å². The molecule has 0 heterocycles. The third-order valence-corrected chi connectivity index (χ3v) is 4.89. The van der Waals surface area contributed by atoms with Gasteiger partial charge in [-0.1, -0.05) is 49.7 Å². The van der Waals surface area contributed by atoms with Gasteiger partial charge in [0.15, 0.2) is 0 Å². The van der Waals surface area contributed by atoms with Crippen LogP contribution in [0.15, 0.2) is 42.5 Å². The number of carbonyl (C=O) groups excluding carboxylic acids is 2. The minimum atomic E-state index is -0.270. The molecule has 0 unspecified atom stereocenters. The summed E-state index contributed by atoms with van der Waals surface area (Å²) < 4.78 is 22.3. The van der Waals surface area contributed by atoms with Gasteiger partial charge in [0.25, 0.3) is 0 Å². The molecular weight excluding hydrogens is 420 g/mol. The first-order valence-corrected chi connectivity index (χ1v) is 10.6. The van der Waals surface area contributed by atoms with Crippen LogP contribution in [0.4, 0.5) is 0 Å². The molecule has 0 N–H and O–H groups in total. The highest BCUT2D eigenvalue weighted by Crippen LogP contribution is 2.43. The van der Waals surface area contributed by atoms with Gasteiger partial charge in [0.2, 0.25) is 0 Å². The van der Waals surface area contributed by atoms with E-state index in [9.17, 15) is 9.59 Å². The molecule has 3 aromatic rings. The zero-order chi connectivity index (χ0) is 22.2. The normalized spacial score (nSPS) is 10.8. The Morgan fingerprint density at radius 2 is 1.19 bits per heavy atom. The van der Waals surface area contributed by atoms with E-state index in [4.69, 9.17) is 30.5 Å². The first kappa shape index (κ1) is 22.7. The van der Waals surface area contributed by atoms with Crippen molar-refractivity contribution in [3.8, 4) is 11.5 Å². The van der Waals surface area contributed by atoms with Gasteiger partial charge in [-0.3, -0.25) is 9.59 Å². The number of carbonyl (C=O) groups is 2. The summed E-state index contributed by atoms with van der Waals surface area (Å²) in [5.74, 6) is 0.775. The molecule has 31 heavy (non-hydrogen) atoms. The standard InChI is InChI=1S/C24H25ClO6/c1-3-21(26)28-11-13-30-23-17-7-5-6-8-18(17)24(31-14-12-29-22(27)4-2)20-15-16(25)9-10-19(20)23/h5-10,15H,3-4,11-14H2,1-2H3. The van der Waals surface area contributed by atoms with E-state index < -0.39 is 0 Å². The molecule has 0 saturated carbocycles. The van der Waals surface area contributed by atoms with E-state index in [1.807, 2.05) is 36.4 Å². The van der Waals surface area contributed by atoms with Gasteiger partial charge in [-0.2, -0.15) is 0 Å². The van der Waals surface area contributed by atoms with Gasteiger partial charge in [0, 0.05) is 39.4 Å². The number of hydrogen-bond acceptors (Lipinski definition) is 6. The number of benzene rings is 3. The van der Waals surface area contributed by atoms with Gasteiger partial charge in [-0.05, 0) is 18.2 Å². The van der Waals surface area contributed by atoms with Crippen molar-refractivity contribution in [1.82, 2.24) is 0 Å². The molecule has 7 heteroatoms. The fourth-order valence-corrected chi connectivity index (χ4v) is 3.36. The minimum absolute atomic E-state index is 0.157. The van der Waals surface area contributed by atoms with Crippen LogP contribution in [0, 0.1) is 0 Å². The molecule has 0 aromatic heterocycles. The van der Waals surface area contributed by atoms with Crippen molar-refractivity contribution in [3.05, 3.63) is 47.5 Å². The minimum Gasteiger partial charge on any atom is -0.489 e. The fourth-order valence-electron chi connectivity index (χ4n) is 3.19. The maximum absolute atomic E-state index is 11.4. The monoisotopic (exact) mass is 444 g/mol. The number of fused-ring (bicyclic) bond motifs is 2. The largest absolute Gasteiger partial charge is 0.489 e. The summed E-state index contributed by atoms with van der Waals surface area (Å²) in [5, 5.41) is 3.88. The number of rotatable bonds is 10. The van der Waals surface area contributed by atoms with Crippen LogP contribution in [0.1, 0.15) is 26.7 Å². The summed E-state index contributed by atoms with van der Waals surface area (Å²) in [5.41, 5.74) is 0. The SMILES string of the molecule is CCC(=O)OCCOc1c2ccccc2c(OCCOC(=O)CC)c2cc(Cl)ccc12. The van der Waals surface area contributed by atoms with Crippen molar-refractivity contribution in [2.24, 2.45) is 0 Å². The molecular formula is C24H25ClO6. The van der Waals surface area contributed by atoms with Crippen LogP contribution in [0.2, 0.25) is 5.02 Å². The molecule has 0 amide bonds. The molecule has 0 saturated heterocycles. The average Bonchev–Trinajstić information content (AvgIpc) is 2.79. The second-order valence-electron chi connectivity index (χ2n) is 6.74. The summed E-state index contributed by atoms with van der Waals surface area (Å²) in [6, 6.07) is 13.2. The molecule has 0 bridgehead atoms. The van der Waals surface area contributed by atoms with Crippen LogP contribution in [-0.2, 0) is 19.1 Å². The van der Waals surface area contributed by atoms with E-state index in [2.05, 4.69) is 0 Å². The van der Waals surface area contributed by atoms with Crippen LogP contribution < -0.4 is 9.47 Å². The topological polar surface area (TPSA) is 71.1 Å². The Hall–Kier alpha value is -2.99. The van der Waals surface area contributed by atoms with E-state index in [1.165, 1.54) is 0 Å². The molecule has 6 nitrogen and oxygen atoms in total. The summed E-state index contributed by atoms with van der Waals surface area (Å²) in [4.78, 5) is 22.8. The lowest BCUT2D eigenvalue weighted by atomic mass is 10.0. The second kappa shape index (κ2) is 10.9. The number of ether oxygens (including phenoxy) is 4. The second-order valence-corrected chi connectivity index (χ2v) is 7.18. The van der Waals surface area contributed by atoms with Gasteiger partial charge in [0.1, 0.15) is 37.9 Å². The molecule has 0 aliphatic rings. The number of hydrogen-bond donors (Lipinski definition) is 0.